The fraction of sp³-hybridized carbons (Fsp3) is 0.872. The van der Waals surface area contributed by atoms with Gasteiger partial charge in [-0.3, -0.25) is 0 Å². The van der Waals surface area contributed by atoms with Crippen LogP contribution in [0.1, 0.15) is 426 Å². The maximum absolute atomic E-state index is 8.83. The molecule has 550 valence electrons. The average molecular weight is 1310 g/mol. The van der Waals surface area contributed by atoms with Gasteiger partial charge in [0.1, 0.15) is 0 Å². The molecule has 0 atom stereocenters. The van der Waals surface area contributed by atoms with E-state index < -0.39 is 13.2 Å². The highest BCUT2D eigenvalue weighted by atomic mass is 14.6. The van der Waals surface area contributed by atoms with Gasteiger partial charge in [-0.1, -0.05) is 327 Å². The smallest absolute Gasteiger partial charge is 0.0311 e. The number of hydrogen-bond acceptors (Lipinski definition) is 0. The molecule has 0 nitrogen and oxygen atoms in total. The molecule has 2 aromatic carbocycles. The molecule has 0 amide bonds. The summed E-state index contributed by atoms with van der Waals surface area (Å²) in [5, 5.41) is 0. The van der Waals surface area contributed by atoms with E-state index in [-0.39, 0.29) is 56.1 Å². The Labute approximate surface area is 607 Å². The van der Waals surface area contributed by atoms with Crippen LogP contribution in [0.3, 0.4) is 0 Å². The highest BCUT2D eigenvalue weighted by Gasteiger charge is 2.52. The molecule has 0 N–H and O–H groups in total. The quantitative estimate of drug-likeness (QED) is 0.281. The number of rotatable bonds is 2. The van der Waals surface area contributed by atoms with Crippen molar-refractivity contribution in [2.45, 2.75) is 422 Å². The van der Waals surface area contributed by atoms with E-state index >= 15 is 0 Å². The maximum Gasteiger partial charge on any atom is 0.0311 e. The van der Waals surface area contributed by atoms with Crippen LogP contribution in [-0.2, 0) is 0 Å². The summed E-state index contributed by atoms with van der Waals surface area (Å²) in [4.78, 5) is 0. The molecule has 0 heteroatoms. The largest absolute Gasteiger partial charge is 0.0651 e. The number of benzene rings is 2. The first-order valence-corrected chi connectivity index (χ1v) is 39.4. The van der Waals surface area contributed by atoms with E-state index in [4.69, 9.17) is 12.3 Å². The van der Waals surface area contributed by atoms with Crippen molar-refractivity contribution in [1.29, 1.82) is 0 Å². The van der Waals surface area contributed by atoms with Gasteiger partial charge in [0.2, 0.25) is 0 Å². The molecule has 0 bridgehead atoms. The molecule has 0 saturated heterocycles. The molecule has 1 spiro atoms. The topological polar surface area (TPSA) is 0 Å². The molecule has 8 aliphatic carbocycles. The Morgan fingerprint density at radius 2 is 0.681 bits per heavy atom. The van der Waals surface area contributed by atoms with E-state index in [9.17, 15) is 0 Å². The zero-order valence-electron chi connectivity index (χ0n) is 79.3. The Morgan fingerprint density at radius 3 is 0.968 bits per heavy atom. The van der Waals surface area contributed by atoms with E-state index in [2.05, 4.69) is 233 Å². The van der Waals surface area contributed by atoms with Gasteiger partial charge in [-0.2, -0.15) is 0 Å². The van der Waals surface area contributed by atoms with Crippen molar-refractivity contribution in [3.8, 4) is 0 Å². The van der Waals surface area contributed by atoms with Crippen molar-refractivity contribution in [3.05, 3.63) is 69.8 Å². The van der Waals surface area contributed by atoms with Crippen LogP contribution in [0.4, 0.5) is 0 Å². The van der Waals surface area contributed by atoms with Gasteiger partial charge in [0.15, 0.2) is 0 Å². The van der Waals surface area contributed by atoms with Gasteiger partial charge < -0.3 is 0 Å². The van der Waals surface area contributed by atoms with Crippen LogP contribution in [-0.4, -0.2) is 0 Å². The molecule has 0 aromatic heterocycles. The third-order valence-electron chi connectivity index (χ3n) is 25.7. The van der Waals surface area contributed by atoms with Crippen LogP contribution in [0.25, 0.3) is 0 Å². The first-order valence-electron chi connectivity index (χ1n) is 43.9. The summed E-state index contributed by atoms with van der Waals surface area (Å²) in [6, 6.07) is 11.7. The Balaban J connectivity index is 0.000000397. The fourth-order valence-electron chi connectivity index (χ4n) is 21.5. The average Bonchev–Trinajstić information content (AvgIpc) is 0.815. The maximum atomic E-state index is 8.83. The summed E-state index contributed by atoms with van der Waals surface area (Å²) < 4.78 is 70.5. The summed E-state index contributed by atoms with van der Waals surface area (Å²) >= 11 is 0. The van der Waals surface area contributed by atoms with Crippen LogP contribution in [0.15, 0.2) is 36.4 Å². The Morgan fingerprint density at radius 1 is 0.362 bits per heavy atom. The Hall–Kier alpha value is -1.56. The molecule has 0 aliphatic heterocycles. The fourth-order valence-corrected chi connectivity index (χ4v) is 21.5. The van der Waals surface area contributed by atoms with E-state index in [1.807, 2.05) is 19.9 Å². The second-order valence-corrected chi connectivity index (χ2v) is 41.4. The SMILES string of the molecule is CC1CC(C)(C)CC(C)(C)C1.CCC1CCCC1.Cc1cccc(C)c1C.[2H]C([2H])(C)C1CCCC1.[2H]C([2H])([2H])c1cccc(C)c1C.[2H]C1(C)C(C)(C)CC(C)(C)CC1(C)C.[2H]C1(C)C(C)(C)CC2(CCCCC2)CC1(C)C.[2H]C1(C)C(C)(C)CCCC1(C)C.[2H]C1(C)CC(C)(C)CC(C)(C)C1. The lowest BCUT2D eigenvalue weighted by atomic mass is 9.47. The first-order chi connectivity index (χ1) is 45.9. The van der Waals surface area contributed by atoms with Crippen LogP contribution in [0.2, 0.25) is 0 Å². The molecule has 0 radical (unpaired) electrons. The minimum Gasteiger partial charge on any atom is -0.0651 e. The van der Waals surface area contributed by atoms with Crippen LogP contribution < -0.4 is 0 Å². The summed E-state index contributed by atoms with van der Waals surface area (Å²) in [5.74, 6) is 1.26. The highest BCUT2D eigenvalue weighted by Crippen LogP contribution is 2.62. The third-order valence-corrected chi connectivity index (χ3v) is 25.7. The molecule has 94 heavy (non-hydrogen) atoms. The molecule has 2 aromatic rings. The van der Waals surface area contributed by atoms with Crippen molar-refractivity contribution in [2.24, 2.45) is 106 Å². The van der Waals surface area contributed by atoms with E-state index in [1.54, 1.807) is 19.1 Å². The van der Waals surface area contributed by atoms with E-state index in [0.29, 0.717) is 44.0 Å². The van der Waals surface area contributed by atoms with Crippen molar-refractivity contribution in [2.75, 3.05) is 0 Å². The number of aryl methyl sites for hydroxylation is 4. The van der Waals surface area contributed by atoms with Crippen molar-refractivity contribution in [3.63, 3.8) is 0 Å². The Bertz CT molecular complexity index is 2710. The zero-order valence-corrected chi connectivity index (χ0v) is 70.3. The van der Waals surface area contributed by atoms with Gasteiger partial charge in [0.05, 0.1) is 0 Å². The molecule has 8 aliphatic rings. The molecule has 0 heterocycles. The van der Waals surface area contributed by atoms with Crippen LogP contribution >= 0.6 is 0 Å². The zero-order chi connectivity index (χ0) is 80.5. The Kier molecular flexibility index (Phi) is 28.5. The minimum absolute atomic E-state index is 0.109. The second kappa shape index (κ2) is 36.4. The van der Waals surface area contributed by atoms with Gasteiger partial charge in [-0.15, -0.1) is 0 Å². The molecule has 8 saturated carbocycles. The lowest BCUT2D eigenvalue weighted by Crippen LogP contribution is -2.48. The third kappa shape index (κ3) is 30.3. The van der Waals surface area contributed by atoms with Crippen molar-refractivity contribution >= 4 is 0 Å². The highest BCUT2D eigenvalue weighted by molar-refractivity contribution is 5.32. The molecule has 10 rings (SSSR count). The predicted octanol–water partition coefficient (Wildman–Crippen LogP) is 31.9. The van der Waals surface area contributed by atoms with Gasteiger partial charge in [0, 0.05) is 12.3 Å². The van der Waals surface area contributed by atoms with Crippen molar-refractivity contribution < 1.29 is 12.3 Å². The summed E-state index contributed by atoms with van der Waals surface area (Å²) in [6.45, 7) is 73.8. The lowest BCUT2D eigenvalue weighted by molar-refractivity contribution is -0.0743. The van der Waals surface area contributed by atoms with E-state index in [1.165, 1.54) is 152 Å². The first kappa shape index (κ1) is 73.7. The van der Waals surface area contributed by atoms with Crippen LogP contribution in [0, 0.1) is 148 Å². The molecular weight excluding hydrogens is 1130 g/mol. The van der Waals surface area contributed by atoms with Gasteiger partial charge in [-0.05, 0) is 271 Å². The van der Waals surface area contributed by atoms with Crippen LogP contribution in [0.5, 0.6) is 0 Å². The summed E-state index contributed by atoms with van der Waals surface area (Å²) in [6.07, 6.45) is 34.4. The normalized spacial score (nSPS) is 29.0. The molecular formula is C94H174. The van der Waals surface area contributed by atoms with Crippen molar-refractivity contribution in [1.82, 2.24) is 0 Å². The summed E-state index contributed by atoms with van der Waals surface area (Å²) in [7, 11) is 0. The summed E-state index contributed by atoms with van der Waals surface area (Å²) in [5.41, 5.74) is 10.2. The minimum atomic E-state index is -1.98. The number of hydrogen-bond donors (Lipinski definition) is 0. The van der Waals surface area contributed by atoms with Gasteiger partial charge in [-0.25, -0.2) is 0 Å². The standard InChI is InChI=1S/C16H30.C13H26.3C11H22.2C9H12.2C7H14/c1-13-14(2,3)11-16(12-15(13,4)5)9-7-6-8-10-16;1-10-12(4,5)8-11(2,3)9-13(10,6)7;2*1-9-6-10(2,3)8-11(4,5)7-9;1-9-10(2,3)7-6-8-11(9,4)5;2*1-7-5-4-6-8(2)9(7)3;2*1-2-7-5-3-4-6-7/h13H,6-12H2,1-5H3;10H,8-9H2,1-7H3;3*9H,6-8H2,1-5H3;2*4-6H,1-3H3;2*7H,2-6H2,1H3/i13D;10D;9D;;9D;1D3;;2D2;. The monoisotopic (exact) mass is 1310 g/mol. The van der Waals surface area contributed by atoms with Gasteiger partial charge >= 0.3 is 0 Å². The second-order valence-electron chi connectivity index (χ2n) is 41.4. The molecule has 8 fully saturated rings. The predicted molar refractivity (Wildman–Crippen MR) is 429 cm³/mol. The van der Waals surface area contributed by atoms with Gasteiger partial charge in [0.25, 0.3) is 0 Å². The molecule has 0 unspecified atom stereocenters. The lowest BCUT2D eigenvalue weighted by Gasteiger charge is -2.58. The van der Waals surface area contributed by atoms with E-state index in [0.717, 1.165) is 61.5 Å².